The maximum absolute atomic E-state index is 3.55. The van der Waals surface area contributed by atoms with Gasteiger partial charge < -0.3 is 10.2 Å². The van der Waals surface area contributed by atoms with Gasteiger partial charge in [-0.25, -0.2) is 0 Å². The molecular formula is C16H20N2S. The lowest BCUT2D eigenvalue weighted by atomic mass is 10.2. The number of fused-ring (bicyclic) bond motifs is 1. The summed E-state index contributed by atoms with van der Waals surface area (Å²) >= 11 is 1.85. The van der Waals surface area contributed by atoms with E-state index >= 15 is 0 Å². The van der Waals surface area contributed by atoms with Gasteiger partial charge in [0, 0.05) is 36.7 Å². The van der Waals surface area contributed by atoms with Crippen molar-refractivity contribution in [2.75, 3.05) is 31.1 Å². The smallest absolute Gasteiger partial charge is 0.0399 e. The van der Waals surface area contributed by atoms with E-state index in [1.165, 1.54) is 29.1 Å². The van der Waals surface area contributed by atoms with E-state index in [4.69, 9.17) is 0 Å². The Morgan fingerprint density at radius 2 is 2.05 bits per heavy atom. The van der Waals surface area contributed by atoms with E-state index in [1.807, 2.05) is 11.3 Å². The van der Waals surface area contributed by atoms with Crippen LogP contribution in [0.2, 0.25) is 0 Å². The summed E-state index contributed by atoms with van der Waals surface area (Å²) in [7, 11) is 0. The zero-order valence-electron chi connectivity index (χ0n) is 11.1. The fourth-order valence-corrected chi connectivity index (χ4v) is 3.35. The van der Waals surface area contributed by atoms with Crippen molar-refractivity contribution >= 4 is 17.0 Å². The van der Waals surface area contributed by atoms with E-state index in [-0.39, 0.29) is 0 Å². The maximum atomic E-state index is 3.55. The van der Waals surface area contributed by atoms with Crippen molar-refractivity contribution in [2.45, 2.75) is 12.8 Å². The summed E-state index contributed by atoms with van der Waals surface area (Å²) in [5.41, 5.74) is 2.93. The second kappa shape index (κ2) is 6.22. The molecule has 0 radical (unpaired) electrons. The summed E-state index contributed by atoms with van der Waals surface area (Å²) in [6.45, 7) is 4.43. The van der Waals surface area contributed by atoms with Crippen molar-refractivity contribution in [2.24, 2.45) is 0 Å². The lowest BCUT2D eigenvalue weighted by Gasteiger charge is -2.19. The molecule has 2 heterocycles. The molecule has 1 aliphatic heterocycles. The highest BCUT2D eigenvalue weighted by Crippen LogP contribution is 2.26. The molecule has 3 heteroatoms. The summed E-state index contributed by atoms with van der Waals surface area (Å²) < 4.78 is 0. The Labute approximate surface area is 119 Å². The number of anilines is 1. The molecule has 0 unspecified atom stereocenters. The van der Waals surface area contributed by atoms with Crippen LogP contribution in [0.25, 0.3) is 0 Å². The van der Waals surface area contributed by atoms with Crippen molar-refractivity contribution < 1.29 is 0 Å². The Morgan fingerprint density at radius 3 is 2.95 bits per heavy atom. The van der Waals surface area contributed by atoms with Crippen LogP contribution in [0.1, 0.15) is 10.4 Å². The van der Waals surface area contributed by atoms with Crippen LogP contribution >= 0.6 is 11.3 Å². The van der Waals surface area contributed by atoms with Gasteiger partial charge in [0.1, 0.15) is 0 Å². The van der Waals surface area contributed by atoms with Gasteiger partial charge in [0.05, 0.1) is 0 Å². The van der Waals surface area contributed by atoms with Crippen molar-refractivity contribution in [3.8, 4) is 0 Å². The third-order valence-corrected chi connectivity index (χ3v) is 4.61. The van der Waals surface area contributed by atoms with E-state index in [2.05, 4.69) is 52.0 Å². The number of nitrogens with one attached hydrogen (secondary N) is 1. The highest BCUT2D eigenvalue weighted by Gasteiger charge is 2.16. The average molecular weight is 272 g/mol. The minimum absolute atomic E-state index is 1.07. The molecule has 100 valence electrons. The number of hydrogen-bond donors (Lipinski definition) is 1. The van der Waals surface area contributed by atoms with Crippen molar-refractivity contribution in [1.82, 2.24) is 5.32 Å². The van der Waals surface area contributed by atoms with E-state index in [1.54, 1.807) is 0 Å². The number of benzene rings is 1. The van der Waals surface area contributed by atoms with Gasteiger partial charge in [-0.3, -0.25) is 0 Å². The first-order valence-electron chi connectivity index (χ1n) is 6.99. The average Bonchev–Trinajstić information content (AvgIpc) is 3.08. The molecule has 1 N–H and O–H groups in total. The zero-order chi connectivity index (χ0) is 12.9. The van der Waals surface area contributed by atoms with E-state index in [0.717, 1.165) is 26.1 Å². The Kier molecular flexibility index (Phi) is 4.16. The molecule has 0 aliphatic carbocycles. The Hall–Kier alpha value is -1.32. The second-order valence-electron chi connectivity index (χ2n) is 4.95. The van der Waals surface area contributed by atoms with Gasteiger partial charge in [-0.1, -0.05) is 24.3 Å². The van der Waals surface area contributed by atoms with Gasteiger partial charge in [-0.05, 0) is 35.9 Å². The van der Waals surface area contributed by atoms with Gasteiger partial charge >= 0.3 is 0 Å². The molecule has 1 aromatic heterocycles. The van der Waals surface area contributed by atoms with Gasteiger partial charge in [-0.2, -0.15) is 0 Å². The third-order valence-electron chi connectivity index (χ3n) is 3.67. The van der Waals surface area contributed by atoms with Crippen LogP contribution in [0.4, 0.5) is 5.69 Å². The minimum atomic E-state index is 1.07. The molecular weight excluding hydrogens is 252 g/mol. The van der Waals surface area contributed by atoms with E-state index in [9.17, 15) is 0 Å². The van der Waals surface area contributed by atoms with Crippen LogP contribution in [0.15, 0.2) is 41.8 Å². The molecule has 0 saturated carbocycles. The molecule has 0 bridgehead atoms. The van der Waals surface area contributed by atoms with Crippen molar-refractivity contribution in [1.29, 1.82) is 0 Å². The minimum Gasteiger partial charge on any atom is -0.370 e. The largest absolute Gasteiger partial charge is 0.370 e. The summed E-state index contributed by atoms with van der Waals surface area (Å²) in [6, 6.07) is 13.1. The summed E-state index contributed by atoms with van der Waals surface area (Å²) in [4.78, 5) is 3.96. The molecule has 0 spiro atoms. The van der Waals surface area contributed by atoms with Crippen LogP contribution in [0.3, 0.4) is 0 Å². The normalized spacial score (nSPS) is 13.8. The lowest BCUT2D eigenvalue weighted by molar-refractivity contribution is 0.667. The molecule has 0 saturated heterocycles. The molecule has 0 amide bonds. The van der Waals surface area contributed by atoms with Crippen LogP contribution in [0, 0.1) is 0 Å². The molecule has 1 aliphatic rings. The number of nitrogens with zero attached hydrogens (tertiary/aromatic N) is 1. The Morgan fingerprint density at radius 1 is 1.11 bits per heavy atom. The Balaban J connectivity index is 1.39. The van der Waals surface area contributed by atoms with Crippen molar-refractivity contribution in [3.05, 3.63) is 52.2 Å². The topological polar surface area (TPSA) is 15.3 Å². The predicted octanol–water partition coefficient (Wildman–Crippen LogP) is 2.94. The number of rotatable bonds is 6. The second-order valence-corrected chi connectivity index (χ2v) is 5.98. The van der Waals surface area contributed by atoms with Gasteiger partial charge in [-0.15, -0.1) is 11.3 Å². The zero-order valence-corrected chi connectivity index (χ0v) is 12.0. The highest BCUT2D eigenvalue weighted by molar-refractivity contribution is 7.09. The van der Waals surface area contributed by atoms with Gasteiger partial charge in [0.15, 0.2) is 0 Å². The van der Waals surface area contributed by atoms with E-state index in [0.29, 0.717) is 0 Å². The standard InChI is InChI=1S/C16H20N2S/c1-2-6-16-14(4-1)8-11-18(16)12-10-17-9-7-15-5-3-13-19-15/h1-6,13,17H,7-12H2. The summed E-state index contributed by atoms with van der Waals surface area (Å²) in [5.74, 6) is 0. The van der Waals surface area contributed by atoms with E-state index < -0.39 is 0 Å². The van der Waals surface area contributed by atoms with Crippen LogP contribution in [0.5, 0.6) is 0 Å². The number of para-hydroxylation sites is 1. The number of thiophene rings is 1. The summed E-state index contributed by atoms with van der Waals surface area (Å²) in [5, 5.41) is 5.70. The molecule has 2 aromatic rings. The van der Waals surface area contributed by atoms with Gasteiger partial charge in [0.25, 0.3) is 0 Å². The molecule has 3 rings (SSSR count). The SMILES string of the molecule is c1csc(CCNCCN2CCc3ccccc32)c1. The molecule has 19 heavy (non-hydrogen) atoms. The third kappa shape index (κ3) is 3.17. The summed E-state index contributed by atoms with van der Waals surface area (Å²) in [6.07, 6.45) is 2.35. The monoisotopic (exact) mass is 272 g/mol. The van der Waals surface area contributed by atoms with Crippen LogP contribution in [-0.2, 0) is 12.8 Å². The quantitative estimate of drug-likeness (QED) is 0.813. The van der Waals surface area contributed by atoms with Gasteiger partial charge in [0.2, 0.25) is 0 Å². The molecule has 1 aromatic carbocycles. The first-order chi connectivity index (χ1) is 9.43. The Bertz CT molecular complexity index is 507. The fraction of sp³-hybridized carbons (Fsp3) is 0.375. The van der Waals surface area contributed by atoms with Crippen LogP contribution in [-0.4, -0.2) is 26.2 Å². The first kappa shape index (κ1) is 12.7. The molecule has 2 nitrogen and oxygen atoms in total. The fourth-order valence-electron chi connectivity index (χ4n) is 2.64. The molecule has 0 atom stereocenters. The first-order valence-corrected chi connectivity index (χ1v) is 7.87. The molecule has 0 fully saturated rings. The van der Waals surface area contributed by atoms with Crippen LogP contribution < -0.4 is 10.2 Å². The number of hydrogen-bond acceptors (Lipinski definition) is 3. The highest BCUT2D eigenvalue weighted by atomic mass is 32.1. The lowest BCUT2D eigenvalue weighted by Crippen LogP contribution is -2.31. The maximum Gasteiger partial charge on any atom is 0.0399 e. The predicted molar refractivity (Wildman–Crippen MR) is 83.3 cm³/mol. The van der Waals surface area contributed by atoms with Crippen molar-refractivity contribution in [3.63, 3.8) is 0 Å².